The number of sulfonamides is 1. The number of hydrogen-bond donors (Lipinski definition) is 3. The molecule has 3 N–H and O–H groups in total. The maximum Gasteiger partial charge on any atom is 0.272 e. The summed E-state index contributed by atoms with van der Waals surface area (Å²) in [7, 11) is -3.59. The van der Waals surface area contributed by atoms with Crippen LogP contribution in [0.5, 0.6) is 0 Å². The molecule has 4 rings (SSSR count). The zero-order valence-corrected chi connectivity index (χ0v) is 22.1. The van der Waals surface area contributed by atoms with E-state index in [1.807, 2.05) is 0 Å². The van der Waals surface area contributed by atoms with Crippen molar-refractivity contribution in [3.63, 3.8) is 0 Å². The number of likely N-dealkylation sites (N-methyl/N-ethyl adjacent to an activating group) is 1. The molecule has 194 valence electrons. The summed E-state index contributed by atoms with van der Waals surface area (Å²) in [6.45, 7) is 6.72. The molecule has 1 aromatic carbocycles. The Morgan fingerprint density at radius 2 is 1.67 bits per heavy atom. The predicted octanol–water partition coefficient (Wildman–Crippen LogP) is 2.33. The zero-order valence-electron chi connectivity index (χ0n) is 20.4. The minimum absolute atomic E-state index is 0.155. The van der Waals surface area contributed by atoms with Crippen molar-refractivity contribution >= 4 is 44.1 Å². The summed E-state index contributed by atoms with van der Waals surface area (Å²) in [6.07, 6.45) is 3.37. The van der Waals surface area contributed by atoms with Gasteiger partial charge in [-0.25, -0.2) is 8.42 Å². The van der Waals surface area contributed by atoms with Gasteiger partial charge in [0, 0.05) is 43.5 Å². The lowest BCUT2D eigenvalue weighted by molar-refractivity contribution is -0.119. The molecule has 1 saturated heterocycles. The van der Waals surface area contributed by atoms with E-state index in [1.54, 1.807) is 0 Å². The van der Waals surface area contributed by atoms with E-state index in [9.17, 15) is 22.8 Å². The Morgan fingerprint density at radius 1 is 0.972 bits per heavy atom. The third-order valence-electron chi connectivity index (χ3n) is 6.46. The van der Waals surface area contributed by atoms with E-state index >= 15 is 0 Å². The summed E-state index contributed by atoms with van der Waals surface area (Å²) in [5.41, 5.74) is 6.19. The second-order valence-corrected chi connectivity index (χ2v) is 11.9. The first-order chi connectivity index (χ1) is 17.2. The molecule has 2 aliphatic heterocycles. The maximum absolute atomic E-state index is 13.1. The van der Waals surface area contributed by atoms with Crippen molar-refractivity contribution in [2.24, 2.45) is 0 Å². The normalized spacial score (nSPS) is 16.7. The number of hydrogen-bond acceptors (Lipinski definition) is 7. The highest BCUT2D eigenvalue weighted by Crippen LogP contribution is 2.37. The van der Waals surface area contributed by atoms with Crippen LogP contribution in [0, 0.1) is 0 Å². The summed E-state index contributed by atoms with van der Waals surface area (Å²) in [6, 6.07) is 5.86. The average molecular weight is 534 g/mol. The minimum Gasteiger partial charge on any atom is -0.313 e. The van der Waals surface area contributed by atoms with Crippen molar-refractivity contribution in [3.05, 3.63) is 45.8 Å². The van der Waals surface area contributed by atoms with Gasteiger partial charge in [0.05, 0.1) is 10.5 Å². The van der Waals surface area contributed by atoms with E-state index < -0.39 is 27.7 Å². The highest BCUT2D eigenvalue weighted by atomic mass is 32.2. The fraction of sp³-hybridized carbons (Fsp3) is 0.458. The van der Waals surface area contributed by atoms with Crippen LogP contribution < -0.4 is 16.2 Å². The summed E-state index contributed by atoms with van der Waals surface area (Å²) in [4.78, 5) is 40.7. The van der Waals surface area contributed by atoms with Crippen molar-refractivity contribution in [1.82, 2.24) is 20.1 Å². The number of anilines is 1. The molecule has 1 aromatic heterocycles. The highest BCUT2D eigenvalue weighted by Gasteiger charge is 2.29. The lowest BCUT2D eigenvalue weighted by Gasteiger charge is -2.25. The van der Waals surface area contributed by atoms with Crippen LogP contribution in [0.3, 0.4) is 0 Å². The molecule has 3 heterocycles. The molecule has 0 spiro atoms. The number of rotatable bonds is 6. The smallest absolute Gasteiger partial charge is 0.272 e. The molecule has 0 radical (unpaired) electrons. The number of nitrogens with one attached hydrogen (secondary N) is 3. The number of carbonyl (C=O) groups excluding carboxylic acids is 3. The van der Waals surface area contributed by atoms with Gasteiger partial charge in [0.25, 0.3) is 11.8 Å². The van der Waals surface area contributed by atoms with Crippen molar-refractivity contribution in [1.29, 1.82) is 0 Å². The number of benzene rings is 1. The van der Waals surface area contributed by atoms with Gasteiger partial charge in [-0.3, -0.25) is 30.1 Å². The molecule has 0 atom stereocenters. The predicted molar refractivity (Wildman–Crippen MR) is 137 cm³/mol. The largest absolute Gasteiger partial charge is 0.313 e. The molecule has 0 saturated carbocycles. The number of amides is 3. The Kier molecular flexibility index (Phi) is 8.08. The van der Waals surface area contributed by atoms with Crippen molar-refractivity contribution < 1.29 is 22.8 Å². The molecule has 0 aliphatic carbocycles. The Morgan fingerprint density at radius 3 is 2.31 bits per heavy atom. The van der Waals surface area contributed by atoms with Gasteiger partial charge in [-0.1, -0.05) is 13.3 Å². The summed E-state index contributed by atoms with van der Waals surface area (Å²) in [5, 5.41) is 3.23. The number of fused-ring (bicyclic) bond motifs is 1. The molecule has 0 bridgehead atoms. The molecule has 2 aliphatic rings. The van der Waals surface area contributed by atoms with Crippen molar-refractivity contribution in [2.45, 2.75) is 51.0 Å². The Balaban J connectivity index is 1.56. The molecule has 10 nitrogen and oxygen atoms in total. The van der Waals surface area contributed by atoms with E-state index in [1.165, 1.54) is 46.8 Å². The van der Waals surface area contributed by atoms with E-state index in [-0.39, 0.29) is 10.5 Å². The zero-order chi connectivity index (χ0) is 25.9. The van der Waals surface area contributed by atoms with Gasteiger partial charge >= 0.3 is 0 Å². The fourth-order valence-corrected chi connectivity index (χ4v) is 7.27. The second-order valence-electron chi connectivity index (χ2n) is 8.91. The summed E-state index contributed by atoms with van der Waals surface area (Å²) < 4.78 is 27.3. The van der Waals surface area contributed by atoms with E-state index in [0.29, 0.717) is 36.6 Å². The van der Waals surface area contributed by atoms with Crippen molar-refractivity contribution in [2.75, 3.05) is 31.5 Å². The Bertz CT molecular complexity index is 1250. The molecular formula is C24H31N5O5S2. The number of thiophene rings is 1. The van der Waals surface area contributed by atoms with Crippen LogP contribution in [-0.2, 0) is 27.8 Å². The number of carbonyl (C=O) groups is 3. The molecule has 12 heteroatoms. The number of hydrazine groups is 1. The summed E-state index contributed by atoms with van der Waals surface area (Å²) >= 11 is 1.34. The first-order valence-electron chi connectivity index (χ1n) is 12.1. The standard InChI is InChI=1S/C24H31N5O5S2/c1-3-28-14-11-19-20(15-28)35-24(21(19)23(32)27-26-16(2)30)25-22(31)17-7-9-18(10-8-17)36(33,34)29-12-5-4-6-13-29/h7-10H,3-6,11-15H2,1-2H3,(H,25,31)(H,26,30)(H,27,32). The van der Waals surface area contributed by atoms with Gasteiger partial charge in [0.2, 0.25) is 15.9 Å². The summed E-state index contributed by atoms with van der Waals surface area (Å²) in [5.74, 6) is -1.35. The van der Waals surface area contributed by atoms with Crippen LogP contribution in [-0.4, -0.2) is 61.5 Å². The van der Waals surface area contributed by atoms with Crippen LogP contribution in [0.15, 0.2) is 29.2 Å². The third kappa shape index (κ3) is 5.61. The molecule has 2 aromatic rings. The number of nitrogens with zero attached hydrogens (tertiary/aromatic N) is 2. The monoisotopic (exact) mass is 533 g/mol. The minimum atomic E-state index is -3.59. The first-order valence-corrected chi connectivity index (χ1v) is 14.3. The van der Waals surface area contributed by atoms with Gasteiger partial charge in [-0.2, -0.15) is 4.31 Å². The van der Waals surface area contributed by atoms with E-state index in [4.69, 9.17) is 0 Å². The van der Waals surface area contributed by atoms with E-state index in [0.717, 1.165) is 42.8 Å². The van der Waals surface area contributed by atoms with Gasteiger partial charge in [-0.15, -0.1) is 11.3 Å². The van der Waals surface area contributed by atoms with Crippen LogP contribution in [0.25, 0.3) is 0 Å². The van der Waals surface area contributed by atoms with Gasteiger partial charge in [-0.05, 0) is 55.6 Å². The van der Waals surface area contributed by atoms with Crippen LogP contribution in [0.2, 0.25) is 0 Å². The van der Waals surface area contributed by atoms with Crippen LogP contribution in [0.4, 0.5) is 5.00 Å². The molecule has 1 fully saturated rings. The lowest BCUT2D eigenvalue weighted by Crippen LogP contribution is -2.41. The molecular weight excluding hydrogens is 502 g/mol. The third-order valence-corrected chi connectivity index (χ3v) is 9.50. The molecule has 36 heavy (non-hydrogen) atoms. The van der Waals surface area contributed by atoms with Gasteiger partial charge < -0.3 is 5.32 Å². The van der Waals surface area contributed by atoms with Gasteiger partial charge in [0.15, 0.2) is 0 Å². The first kappa shape index (κ1) is 26.3. The average Bonchev–Trinajstić information content (AvgIpc) is 3.24. The van der Waals surface area contributed by atoms with Crippen LogP contribution >= 0.6 is 11.3 Å². The fourth-order valence-electron chi connectivity index (χ4n) is 4.47. The highest BCUT2D eigenvalue weighted by molar-refractivity contribution is 7.89. The van der Waals surface area contributed by atoms with E-state index in [2.05, 4.69) is 28.0 Å². The van der Waals surface area contributed by atoms with Crippen LogP contribution in [0.1, 0.15) is 64.3 Å². The maximum atomic E-state index is 13.1. The number of piperidine rings is 1. The second kappa shape index (κ2) is 11.1. The lowest BCUT2D eigenvalue weighted by atomic mass is 10.0. The Hall–Kier alpha value is -2.80. The molecule has 0 unspecified atom stereocenters. The Labute approximate surface area is 215 Å². The topological polar surface area (TPSA) is 128 Å². The molecule has 3 amide bonds. The SMILES string of the molecule is CCN1CCc2c(sc(NC(=O)c3ccc(S(=O)(=O)N4CCCCC4)cc3)c2C(=O)NNC(C)=O)C1. The van der Waals surface area contributed by atoms with Crippen molar-refractivity contribution in [3.8, 4) is 0 Å². The van der Waals surface area contributed by atoms with Gasteiger partial charge in [0.1, 0.15) is 5.00 Å². The quantitative estimate of drug-likeness (QED) is 0.489.